The fourth-order valence-corrected chi connectivity index (χ4v) is 1.75. The van der Waals surface area contributed by atoms with E-state index in [4.69, 9.17) is 0 Å². The maximum atomic E-state index is 11.5. The summed E-state index contributed by atoms with van der Waals surface area (Å²) in [4.78, 5) is 22.4. The highest BCUT2D eigenvalue weighted by atomic mass is 16.5. The molecule has 0 aliphatic heterocycles. The Morgan fingerprint density at radius 1 is 1.20 bits per heavy atom. The highest BCUT2D eigenvalue weighted by molar-refractivity contribution is 5.81. The fraction of sp³-hybridized carbons (Fsp3) is 0.800. The molecule has 0 heterocycles. The molecule has 0 bridgehead atoms. The van der Waals surface area contributed by atoms with Gasteiger partial charge in [-0.05, 0) is 19.8 Å². The lowest BCUT2D eigenvalue weighted by Gasteiger charge is -2.20. The van der Waals surface area contributed by atoms with Crippen LogP contribution < -0.4 is 10.9 Å². The number of hydrazine groups is 1. The normalized spacial score (nSPS) is 16.9. The first-order valence-electron chi connectivity index (χ1n) is 5.46. The highest BCUT2D eigenvalue weighted by Crippen LogP contribution is 2.23. The van der Waals surface area contributed by atoms with Crippen LogP contribution in [0.15, 0.2) is 0 Å². The summed E-state index contributed by atoms with van der Waals surface area (Å²) in [6.45, 7) is 2.01. The van der Waals surface area contributed by atoms with E-state index in [0.717, 1.165) is 25.7 Å². The van der Waals surface area contributed by atoms with E-state index in [1.807, 2.05) is 0 Å². The fourth-order valence-electron chi connectivity index (χ4n) is 1.75. The molecule has 5 nitrogen and oxygen atoms in total. The number of carbonyl (C=O) groups excluding carboxylic acids is 2. The standard InChI is InChI=1S/C10H18N2O3/c1-2-15-10(14)12-11-9(13)8-6-4-3-5-7-8/h8H,2-7H2,1H3,(H,11,13)(H,12,14). The van der Waals surface area contributed by atoms with Crippen molar-refractivity contribution in [3.63, 3.8) is 0 Å². The number of nitrogens with one attached hydrogen (secondary N) is 2. The summed E-state index contributed by atoms with van der Waals surface area (Å²) in [6, 6.07) is 0. The zero-order chi connectivity index (χ0) is 11.1. The Hall–Kier alpha value is -1.26. The Morgan fingerprint density at radius 3 is 2.47 bits per heavy atom. The molecule has 1 aliphatic rings. The highest BCUT2D eigenvalue weighted by Gasteiger charge is 2.21. The van der Waals surface area contributed by atoms with Crippen LogP contribution in [0.25, 0.3) is 0 Å². The van der Waals surface area contributed by atoms with Crippen LogP contribution >= 0.6 is 0 Å². The Bertz CT molecular complexity index is 225. The SMILES string of the molecule is CCOC(=O)NNC(=O)C1CCCCC1. The largest absolute Gasteiger partial charge is 0.449 e. The van der Waals surface area contributed by atoms with Gasteiger partial charge in [-0.15, -0.1) is 0 Å². The van der Waals surface area contributed by atoms with E-state index in [9.17, 15) is 9.59 Å². The molecule has 86 valence electrons. The lowest BCUT2D eigenvalue weighted by atomic mass is 9.89. The Morgan fingerprint density at radius 2 is 1.87 bits per heavy atom. The molecule has 2 amide bonds. The summed E-state index contributed by atoms with van der Waals surface area (Å²) in [5, 5.41) is 0. The van der Waals surface area contributed by atoms with Gasteiger partial charge in [0.05, 0.1) is 6.61 Å². The van der Waals surface area contributed by atoms with Gasteiger partial charge in [-0.1, -0.05) is 19.3 Å². The van der Waals surface area contributed by atoms with Crippen LogP contribution in [0, 0.1) is 5.92 Å². The minimum atomic E-state index is -0.610. The molecule has 0 unspecified atom stereocenters. The van der Waals surface area contributed by atoms with Gasteiger partial charge >= 0.3 is 6.09 Å². The third kappa shape index (κ3) is 4.18. The van der Waals surface area contributed by atoms with E-state index in [1.165, 1.54) is 6.42 Å². The first-order valence-corrected chi connectivity index (χ1v) is 5.46. The molecule has 2 N–H and O–H groups in total. The van der Waals surface area contributed by atoms with Crippen LogP contribution in [-0.4, -0.2) is 18.6 Å². The van der Waals surface area contributed by atoms with Gasteiger partial charge in [0.1, 0.15) is 0 Å². The topological polar surface area (TPSA) is 67.4 Å². The smallest absolute Gasteiger partial charge is 0.426 e. The molecule has 0 saturated heterocycles. The number of hydrogen-bond donors (Lipinski definition) is 2. The molecule has 0 atom stereocenters. The summed E-state index contributed by atoms with van der Waals surface area (Å²) in [5.74, 6) is -0.0663. The average molecular weight is 214 g/mol. The Balaban J connectivity index is 2.19. The first kappa shape index (κ1) is 11.8. The molecule has 0 radical (unpaired) electrons. The minimum absolute atomic E-state index is 0.0423. The van der Waals surface area contributed by atoms with Crippen LogP contribution in [0.5, 0.6) is 0 Å². The van der Waals surface area contributed by atoms with Gasteiger partial charge in [-0.2, -0.15) is 0 Å². The quantitative estimate of drug-likeness (QED) is 0.682. The summed E-state index contributed by atoms with van der Waals surface area (Å²) in [5.41, 5.74) is 4.59. The molecule has 15 heavy (non-hydrogen) atoms. The number of carbonyl (C=O) groups is 2. The van der Waals surface area contributed by atoms with Crippen LogP contribution in [0.4, 0.5) is 4.79 Å². The molecule has 1 saturated carbocycles. The van der Waals surface area contributed by atoms with E-state index in [0.29, 0.717) is 6.61 Å². The van der Waals surface area contributed by atoms with E-state index in [2.05, 4.69) is 15.6 Å². The van der Waals surface area contributed by atoms with E-state index in [1.54, 1.807) is 6.92 Å². The van der Waals surface area contributed by atoms with Crippen LogP contribution in [0.1, 0.15) is 39.0 Å². The van der Waals surface area contributed by atoms with Gasteiger partial charge < -0.3 is 4.74 Å². The molecule has 0 aromatic rings. The van der Waals surface area contributed by atoms with Crippen molar-refractivity contribution in [1.82, 2.24) is 10.9 Å². The van der Waals surface area contributed by atoms with Gasteiger partial charge in [0.25, 0.3) is 0 Å². The maximum Gasteiger partial charge on any atom is 0.426 e. The predicted molar refractivity (Wildman–Crippen MR) is 54.9 cm³/mol. The summed E-state index contributed by atoms with van der Waals surface area (Å²) < 4.78 is 4.61. The molecule has 1 rings (SSSR count). The van der Waals surface area contributed by atoms with Crippen LogP contribution in [0.3, 0.4) is 0 Å². The zero-order valence-electron chi connectivity index (χ0n) is 9.04. The number of ether oxygens (including phenoxy) is 1. The molecule has 0 aromatic heterocycles. The number of amides is 2. The van der Waals surface area contributed by atoms with Crippen molar-refractivity contribution in [2.75, 3.05) is 6.61 Å². The summed E-state index contributed by atoms with van der Waals surface area (Å²) >= 11 is 0. The molecular formula is C10H18N2O3. The number of hydrogen-bond acceptors (Lipinski definition) is 3. The molecule has 5 heteroatoms. The van der Waals surface area contributed by atoms with Crippen LogP contribution in [0.2, 0.25) is 0 Å². The van der Waals surface area contributed by atoms with Crippen molar-refractivity contribution < 1.29 is 14.3 Å². The van der Waals surface area contributed by atoms with Gasteiger partial charge in [0.15, 0.2) is 0 Å². The van der Waals surface area contributed by atoms with Gasteiger partial charge in [-0.25, -0.2) is 10.2 Å². The van der Waals surface area contributed by atoms with Gasteiger partial charge in [0.2, 0.25) is 5.91 Å². The lowest BCUT2D eigenvalue weighted by molar-refractivity contribution is -0.126. The van der Waals surface area contributed by atoms with Crippen molar-refractivity contribution in [1.29, 1.82) is 0 Å². The van der Waals surface area contributed by atoms with Crippen molar-refractivity contribution in [3.05, 3.63) is 0 Å². The third-order valence-electron chi connectivity index (χ3n) is 2.54. The summed E-state index contributed by atoms with van der Waals surface area (Å²) in [7, 11) is 0. The molecule has 1 fully saturated rings. The molecule has 0 aromatic carbocycles. The van der Waals surface area contributed by atoms with Gasteiger partial charge in [0, 0.05) is 5.92 Å². The number of rotatable bonds is 2. The second-order valence-electron chi connectivity index (χ2n) is 3.67. The van der Waals surface area contributed by atoms with E-state index in [-0.39, 0.29) is 11.8 Å². The first-order chi connectivity index (χ1) is 7.24. The maximum absolute atomic E-state index is 11.5. The van der Waals surface area contributed by atoms with E-state index >= 15 is 0 Å². The Labute approximate surface area is 89.5 Å². The van der Waals surface area contributed by atoms with Crippen molar-refractivity contribution in [2.45, 2.75) is 39.0 Å². The van der Waals surface area contributed by atoms with E-state index < -0.39 is 6.09 Å². The minimum Gasteiger partial charge on any atom is -0.449 e. The van der Waals surface area contributed by atoms with Crippen LogP contribution in [-0.2, 0) is 9.53 Å². The van der Waals surface area contributed by atoms with Crippen molar-refractivity contribution in [3.8, 4) is 0 Å². The lowest BCUT2D eigenvalue weighted by Crippen LogP contribution is -2.45. The predicted octanol–water partition coefficient (Wildman–Crippen LogP) is 1.34. The average Bonchev–Trinajstić information content (AvgIpc) is 2.27. The third-order valence-corrected chi connectivity index (χ3v) is 2.54. The summed E-state index contributed by atoms with van der Waals surface area (Å²) in [6.07, 6.45) is 4.61. The van der Waals surface area contributed by atoms with Crippen molar-refractivity contribution >= 4 is 12.0 Å². The second-order valence-corrected chi connectivity index (χ2v) is 3.67. The molecular weight excluding hydrogens is 196 g/mol. The van der Waals surface area contributed by atoms with Crippen molar-refractivity contribution in [2.24, 2.45) is 5.92 Å². The monoisotopic (exact) mass is 214 g/mol. The molecule has 0 spiro atoms. The second kappa shape index (κ2) is 6.27. The Kier molecular flexibility index (Phi) is 4.93. The molecule has 1 aliphatic carbocycles. The van der Waals surface area contributed by atoms with Gasteiger partial charge in [-0.3, -0.25) is 10.2 Å². The zero-order valence-corrected chi connectivity index (χ0v) is 9.04.